The average molecular weight is 306 g/mol. The third kappa shape index (κ3) is 3.02. The first-order valence-corrected chi connectivity index (χ1v) is 8.21. The molecule has 3 rings (SSSR count). The Bertz CT molecular complexity index is 607. The molecule has 1 atom stereocenters. The lowest BCUT2D eigenvalue weighted by molar-refractivity contribution is 0.132. The van der Waals surface area contributed by atoms with Crippen molar-refractivity contribution in [2.45, 2.75) is 39.4 Å². The third-order valence-electron chi connectivity index (χ3n) is 3.93. The maximum atomic E-state index is 5.42. The molecule has 1 aliphatic rings. The van der Waals surface area contributed by atoms with E-state index in [0.29, 0.717) is 5.92 Å². The first-order valence-electron chi connectivity index (χ1n) is 7.40. The number of aromatic nitrogens is 3. The third-order valence-corrected chi connectivity index (χ3v) is 4.91. The van der Waals surface area contributed by atoms with E-state index < -0.39 is 0 Å². The number of methoxy groups -OCH3 is 1. The molecular formula is C15H22N4OS. The van der Waals surface area contributed by atoms with Crippen LogP contribution in [0.5, 0.6) is 0 Å². The van der Waals surface area contributed by atoms with Gasteiger partial charge in [0.2, 0.25) is 0 Å². The smallest absolute Gasteiger partial charge is 0.100 e. The van der Waals surface area contributed by atoms with Crippen LogP contribution in [0.4, 0.5) is 0 Å². The number of rotatable bonds is 5. The summed E-state index contributed by atoms with van der Waals surface area (Å²) in [6, 6.07) is 4.42. The molecule has 0 aliphatic carbocycles. The van der Waals surface area contributed by atoms with Crippen molar-refractivity contribution in [2.24, 2.45) is 0 Å². The van der Waals surface area contributed by atoms with Gasteiger partial charge in [0, 0.05) is 49.0 Å². The van der Waals surface area contributed by atoms with E-state index in [1.54, 1.807) is 7.11 Å². The van der Waals surface area contributed by atoms with Gasteiger partial charge in [0.15, 0.2) is 0 Å². The molecule has 0 saturated heterocycles. The molecule has 1 aliphatic heterocycles. The van der Waals surface area contributed by atoms with Crippen molar-refractivity contribution in [2.75, 3.05) is 20.3 Å². The Hall–Kier alpha value is -1.24. The minimum atomic E-state index is 0.356. The molecule has 3 heterocycles. The van der Waals surface area contributed by atoms with Gasteiger partial charge in [-0.15, -0.1) is 16.4 Å². The van der Waals surface area contributed by atoms with Crippen LogP contribution in [0.15, 0.2) is 12.1 Å². The lowest BCUT2D eigenvalue weighted by Crippen LogP contribution is -2.35. The van der Waals surface area contributed by atoms with Crippen molar-refractivity contribution < 1.29 is 4.74 Å². The maximum absolute atomic E-state index is 5.42. The van der Waals surface area contributed by atoms with Crippen LogP contribution in [0.2, 0.25) is 0 Å². The molecule has 0 amide bonds. The summed E-state index contributed by atoms with van der Waals surface area (Å²) >= 11 is 1.87. The summed E-state index contributed by atoms with van der Waals surface area (Å²) in [4.78, 5) is 5.23. The van der Waals surface area contributed by atoms with Crippen molar-refractivity contribution in [1.29, 1.82) is 0 Å². The Kier molecular flexibility index (Phi) is 4.37. The Labute approximate surface area is 129 Å². The topological polar surface area (TPSA) is 43.2 Å². The van der Waals surface area contributed by atoms with Crippen LogP contribution in [0.1, 0.15) is 34.0 Å². The molecule has 0 N–H and O–H groups in total. The molecule has 0 spiro atoms. The van der Waals surface area contributed by atoms with Crippen molar-refractivity contribution in [3.8, 4) is 0 Å². The number of nitrogens with zero attached hydrogens (tertiary/aromatic N) is 4. The number of hydrogen-bond acceptors (Lipinski definition) is 5. The summed E-state index contributed by atoms with van der Waals surface area (Å²) in [6.07, 6.45) is 0. The van der Waals surface area contributed by atoms with E-state index in [9.17, 15) is 0 Å². The second kappa shape index (κ2) is 6.25. The van der Waals surface area contributed by atoms with Gasteiger partial charge in [-0.1, -0.05) is 5.21 Å². The van der Waals surface area contributed by atoms with Gasteiger partial charge in [0.1, 0.15) is 5.69 Å². The van der Waals surface area contributed by atoms with Crippen LogP contribution in [0, 0.1) is 6.92 Å². The molecule has 6 heteroatoms. The zero-order chi connectivity index (χ0) is 14.8. The molecule has 0 fully saturated rings. The zero-order valence-electron chi connectivity index (χ0n) is 12.9. The van der Waals surface area contributed by atoms with Gasteiger partial charge in [-0.05, 0) is 26.0 Å². The molecule has 0 bridgehead atoms. The molecule has 114 valence electrons. The quantitative estimate of drug-likeness (QED) is 0.851. The Morgan fingerprint density at radius 1 is 1.43 bits per heavy atom. The predicted octanol–water partition coefficient (Wildman–Crippen LogP) is 2.41. The SMILES string of the molecule is CCn1nnc2c1[C@H](COC)CN(Cc1ccc(C)s1)C2. The highest BCUT2D eigenvalue weighted by Gasteiger charge is 2.30. The Morgan fingerprint density at radius 3 is 2.95 bits per heavy atom. The van der Waals surface area contributed by atoms with Gasteiger partial charge in [0.05, 0.1) is 12.3 Å². The highest BCUT2D eigenvalue weighted by Crippen LogP contribution is 2.29. The molecule has 21 heavy (non-hydrogen) atoms. The van der Waals surface area contributed by atoms with Gasteiger partial charge in [0.25, 0.3) is 0 Å². The van der Waals surface area contributed by atoms with E-state index in [0.717, 1.165) is 38.5 Å². The van der Waals surface area contributed by atoms with E-state index in [4.69, 9.17) is 4.74 Å². The summed E-state index contributed by atoms with van der Waals surface area (Å²) in [5.74, 6) is 0.356. The van der Waals surface area contributed by atoms with E-state index in [1.807, 2.05) is 16.0 Å². The van der Waals surface area contributed by atoms with Gasteiger partial charge in [-0.25, -0.2) is 4.68 Å². The molecule has 2 aromatic rings. The van der Waals surface area contributed by atoms with Gasteiger partial charge < -0.3 is 4.74 Å². The molecule has 2 aromatic heterocycles. The lowest BCUT2D eigenvalue weighted by atomic mass is 9.99. The van der Waals surface area contributed by atoms with Crippen molar-refractivity contribution in [3.05, 3.63) is 33.3 Å². The van der Waals surface area contributed by atoms with Gasteiger partial charge in [-0.3, -0.25) is 4.90 Å². The summed E-state index contributed by atoms with van der Waals surface area (Å²) < 4.78 is 7.44. The normalized spacial score (nSPS) is 18.9. The minimum Gasteiger partial charge on any atom is -0.384 e. The monoisotopic (exact) mass is 306 g/mol. The Balaban J connectivity index is 1.80. The van der Waals surface area contributed by atoms with Crippen LogP contribution in [-0.4, -0.2) is 40.2 Å². The van der Waals surface area contributed by atoms with Crippen molar-refractivity contribution in [1.82, 2.24) is 19.9 Å². The average Bonchev–Trinajstić information content (AvgIpc) is 3.05. The fraction of sp³-hybridized carbons (Fsp3) is 0.600. The van der Waals surface area contributed by atoms with E-state index in [2.05, 4.69) is 41.2 Å². The molecule has 0 aromatic carbocycles. The maximum Gasteiger partial charge on any atom is 0.100 e. The number of hydrogen-bond donors (Lipinski definition) is 0. The largest absolute Gasteiger partial charge is 0.384 e. The first kappa shape index (κ1) is 14.7. The van der Waals surface area contributed by atoms with Crippen molar-refractivity contribution in [3.63, 3.8) is 0 Å². The van der Waals surface area contributed by atoms with Gasteiger partial charge in [-0.2, -0.15) is 0 Å². The summed E-state index contributed by atoms with van der Waals surface area (Å²) in [6.45, 7) is 8.73. The second-order valence-corrected chi connectivity index (χ2v) is 6.94. The highest BCUT2D eigenvalue weighted by molar-refractivity contribution is 7.11. The molecule has 5 nitrogen and oxygen atoms in total. The van der Waals surface area contributed by atoms with E-state index >= 15 is 0 Å². The molecular weight excluding hydrogens is 284 g/mol. The van der Waals surface area contributed by atoms with Crippen molar-refractivity contribution >= 4 is 11.3 Å². The van der Waals surface area contributed by atoms with Crippen LogP contribution in [-0.2, 0) is 24.4 Å². The van der Waals surface area contributed by atoms with E-state index in [-0.39, 0.29) is 0 Å². The lowest BCUT2D eigenvalue weighted by Gasteiger charge is -2.31. The summed E-state index contributed by atoms with van der Waals surface area (Å²) in [5.41, 5.74) is 2.37. The second-order valence-electron chi connectivity index (χ2n) is 5.57. The minimum absolute atomic E-state index is 0.356. The number of thiophene rings is 1. The molecule has 0 saturated carbocycles. The number of aryl methyl sites for hydroxylation is 2. The van der Waals surface area contributed by atoms with Crippen LogP contribution < -0.4 is 0 Å². The van der Waals surface area contributed by atoms with Crippen LogP contribution >= 0.6 is 11.3 Å². The summed E-state index contributed by atoms with van der Waals surface area (Å²) in [7, 11) is 1.77. The number of fused-ring (bicyclic) bond motifs is 1. The number of ether oxygens (including phenoxy) is 1. The highest BCUT2D eigenvalue weighted by atomic mass is 32.1. The van der Waals surface area contributed by atoms with E-state index in [1.165, 1.54) is 15.4 Å². The van der Waals surface area contributed by atoms with Gasteiger partial charge >= 0.3 is 0 Å². The Morgan fingerprint density at radius 2 is 2.29 bits per heavy atom. The standard InChI is InChI=1S/C15H22N4OS/c1-4-19-15-12(10-20-3)7-18(9-14(15)16-17-19)8-13-6-5-11(2)21-13/h5-6,12H,4,7-10H2,1-3H3/t12-/m0/s1. The molecule has 0 unspecified atom stereocenters. The predicted molar refractivity (Wildman–Crippen MR) is 83.5 cm³/mol. The fourth-order valence-electron chi connectivity index (χ4n) is 3.07. The zero-order valence-corrected chi connectivity index (χ0v) is 13.7. The summed E-state index contributed by atoms with van der Waals surface area (Å²) in [5, 5.41) is 8.66. The first-order chi connectivity index (χ1) is 10.2. The fourth-order valence-corrected chi connectivity index (χ4v) is 4.00. The van der Waals surface area contributed by atoms with Crippen LogP contribution in [0.25, 0.3) is 0 Å². The van der Waals surface area contributed by atoms with Crippen LogP contribution in [0.3, 0.4) is 0 Å². The molecule has 0 radical (unpaired) electrons.